The molecule has 20 heavy (non-hydrogen) atoms. The molecule has 3 fully saturated rings. The van der Waals surface area contributed by atoms with Gasteiger partial charge in [-0.1, -0.05) is 0 Å². The molecule has 0 radical (unpaired) electrons. The molecule has 1 unspecified atom stereocenters. The lowest BCUT2D eigenvalue weighted by Crippen LogP contribution is -2.44. The lowest BCUT2D eigenvalue weighted by Gasteiger charge is -2.24. The van der Waals surface area contributed by atoms with Crippen LogP contribution in [-0.4, -0.2) is 36.1 Å². The van der Waals surface area contributed by atoms with Crippen LogP contribution in [0.2, 0.25) is 0 Å². The second-order valence-corrected chi connectivity index (χ2v) is 8.77. The molecule has 0 amide bonds. The quantitative estimate of drug-likeness (QED) is 0.584. The van der Waals surface area contributed by atoms with Gasteiger partial charge in [0.05, 0.1) is 0 Å². The maximum absolute atomic E-state index is 4.89. The first-order valence-corrected chi connectivity index (χ1v) is 9.31. The highest BCUT2D eigenvalue weighted by molar-refractivity contribution is 8.00. The molecule has 0 aromatic carbocycles. The van der Waals surface area contributed by atoms with E-state index in [0.717, 1.165) is 31.5 Å². The van der Waals surface area contributed by atoms with Crippen LogP contribution >= 0.6 is 11.8 Å². The first kappa shape index (κ1) is 14.6. The number of nitrogens with zero attached hydrogens (tertiary/aromatic N) is 1. The number of hydrogen-bond donors (Lipinski definition) is 2. The molecule has 114 valence electrons. The monoisotopic (exact) mass is 295 g/mol. The van der Waals surface area contributed by atoms with Crippen molar-refractivity contribution >= 4 is 17.7 Å². The molecule has 2 aliphatic carbocycles. The first-order chi connectivity index (χ1) is 9.66. The summed E-state index contributed by atoms with van der Waals surface area (Å²) in [5.41, 5.74) is 0.606. The summed E-state index contributed by atoms with van der Waals surface area (Å²) in [6.07, 6.45) is 8.42. The van der Waals surface area contributed by atoms with Gasteiger partial charge in [-0.25, -0.2) is 0 Å². The number of guanidine groups is 1. The zero-order valence-corrected chi connectivity index (χ0v) is 13.8. The molecule has 0 aromatic heterocycles. The van der Waals surface area contributed by atoms with E-state index in [1.165, 1.54) is 44.3 Å². The Hall–Kier alpha value is -0.380. The fraction of sp³-hybridized carbons (Fsp3) is 0.938. The van der Waals surface area contributed by atoms with Crippen molar-refractivity contribution in [1.82, 2.24) is 10.6 Å². The Morgan fingerprint density at radius 1 is 1.25 bits per heavy atom. The maximum atomic E-state index is 4.89. The van der Waals surface area contributed by atoms with Gasteiger partial charge in [-0.15, -0.1) is 0 Å². The van der Waals surface area contributed by atoms with Gasteiger partial charge in [0.15, 0.2) is 5.96 Å². The molecular formula is C16H29N3S. The Morgan fingerprint density at radius 2 is 2.05 bits per heavy atom. The van der Waals surface area contributed by atoms with Crippen LogP contribution in [0.4, 0.5) is 0 Å². The van der Waals surface area contributed by atoms with Crippen molar-refractivity contribution in [1.29, 1.82) is 0 Å². The van der Waals surface area contributed by atoms with E-state index in [-0.39, 0.29) is 0 Å². The van der Waals surface area contributed by atoms with Gasteiger partial charge in [0, 0.05) is 24.4 Å². The smallest absolute Gasteiger partial charge is 0.191 e. The first-order valence-electron chi connectivity index (χ1n) is 8.32. The second kappa shape index (κ2) is 5.78. The van der Waals surface area contributed by atoms with E-state index in [1.54, 1.807) is 0 Å². The van der Waals surface area contributed by atoms with Gasteiger partial charge in [0.2, 0.25) is 0 Å². The van der Waals surface area contributed by atoms with E-state index in [4.69, 9.17) is 4.99 Å². The van der Waals surface area contributed by atoms with Crippen molar-refractivity contribution in [2.75, 3.05) is 25.4 Å². The molecule has 4 heteroatoms. The molecule has 3 nitrogen and oxygen atoms in total. The Bertz CT molecular complexity index is 366. The van der Waals surface area contributed by atoms with Gasteiger partial charge >= 0.3 is 0 Å². The summed E-state index contributed by atoms with van der Waals surface area (Å²) in [6.45, 7) is 7.56. The average Bonchev–Trinajstić information content (AvgIpc) is 3.33. The van der Waals surface area contributed by atoms with Crippen molar-refractivity contribution < 1.29 is 0 Å². The fourth-order valence-corrected chi connectivity index (χ4v) is 4.62. The Balaban J connectivity index is 1.51. The van der Waals surface area contributed by atoms with Crippen molar-refractivity contribution in [2.45, 2.75) is 57.1 Å². The summed E-state index contributed by atoms with van der Waals surface area (Å²) in [5.74, 6) is 3.35. The standard InChI is InChI=1S/C16H29N3S/c1-3-17-14(18-11-15(2)7-4-10-20-15)19-12-16(8-9-16)13-5-6-13/h13H,3-12H2,1-2H3,(H2,17,18,19). The number of hydrogen-bond acceptors (Lipinski definition) is 2. The molecule has 0 bridgehead atoms. The van der Waals surface area contributed by atoms with Gasteiger partial charge in [-0.3, -0.25) is 4.99 Å². The molecule has 2 N–H and O–H groups in total. The van der Waals surface area contributed by atoms with Gasteiger partial charge in [-0.2, -0.15) is 11.8 Å². The molecule has 0 aromatic rings. The molecule has 2 saturated carbocycles. The normalized spacial score (nSPS) is 32.2. The third-order valence-electron chi connectivity index (χ3n) is 5.16. The summed E-state index contributed by atoms with van der Waals surface area (Å²) in [6, 6.07) is 0. The maximum Gasteiger partial charge on any atom is 0.191 e. The highest BCUT2D eigenvalue weighted by Gasteiger charge is 2.53. The predicted octanol–water partition coefficient (Wildman–Crippen LogP) is 3.02. The van der Waals surface area contributed by atoms with Crippen LogP contribution in [0.25, 0.3) is 0 Å². The lowest BCUT2D eigenvalue weighted by molar-refractivity contribution is 0.452. The minimum atomic E-state index is 0.407. The van der Waals surface area contributed by atoms with Crippen molar-refractivity contribution in [3.8, 4) is 0 Å². The summed E-state index contributed by atoms with van der Waals surface area (Å²) in [7, 11) is 0. The summed E-state index contributed by atoms with van der Waals surface area (Å²) >= 11 is 2.11. The van der Waals surface area contributed by atoms with Crippen molar-refractivity contribution in [3.63, 3.8) is 0 Å². The van der Waals surface area contributed by atoms with Crippen LogP contribution < -0.4 is 10.6 Å². The number of rotatable bonds is 6. The topological polar surface area (TPSA) is 36.4 Å². The largest absolute Gasteiger partial charge is 0.357 e. The van der Waals surface area contributed by atoms with Gasteiger partial charge < -0.3 is 10.6 Å². The van der Waals surface area contributed by atoms with Crippen LogP contribution in [0, 0.1) is 11.3 Å². The molecule has 0 spiro atoms. The number of thioether (sulfide) groups is 1. The van der Waals surface area contributed by atoms with Gasteiger partial charge in [0.1, 0.15) is 0 Å². The van der Waals surface area contributed by atoms with Crippen LogP contribution in [0.15, 0.2) is 4.99 Å². The molecule has 1 heterocycles. The van der Waals surface area contributed by atoms with E-state index in [9.17, 15) is 0 Å². The van der Waals surface area contributed by atoms with Crippen molar-refractivity contribution in [3.05, 3.63) is 0 Å². The van der Waals surface area contributed by atoms with Crippen LogP contribution in [0.5, 0.6) is 0 Å². The van der Waals surface area contributed by atoms with E-state index < -0.39 is 0 Å². The Labute approximate surface area is 127 Å². The molecule has 1 saturated heterocycles. The SMILES string of the molecule is CCNC(=NCC1(C2CC2)CC1)NCC1(C)CCCS1. The van der Waals surface area contributed by atoms with E-state index in [0.29, 0.717) is 10.2 Å². The third-order valence-corrected chi connectivity index (χ3v) is 6.70. The van der Waals surface area contributed by atoms with E-state index >= 15 is 0 Å². The summed E-state index contributed by atoms with van der Waals surface area (Å²) in [5, 5.41) is 6.99. The van der Waals surface area contributed by atoms with E-state index in [1.807, 2.05) is 0 Å². The molecular weight excluding hydrogens is 266 g/mol. The average molecular weight is 295 g/mol. The molecule has 1 aliphatic heterocycles. The lowest BCUT2D eigenvalue weighted by atomic mass is 10.0. The van der Waals surface area contributed by atoms with Crippen LogP contribution in [0.1, 0.15) is 52.4 Å². The molecule has 1 atom stereocenters. The third kappa shape index (κ3) is 3.44. The minimum absolute atomic E-state index is 0.407. The second-order valence-electron chi connectivity index (χ2n) is 7.09. The molecule has 3 rings (SSSR count). The van der Waals surface area contributed by atoms with E-state index in [2.05, 4.69) is 36.2 Å². The van der Waals surface area contributed by atoms with Gasteiger partial charge in [-0.05, 0) is 69.5 Å². The van der Waals surface area contributed by atoms with Gasteiger partial charge in [0.25, 0.3) is 0 Å². The highest BCUT2D eigenvalue weighted by Crippen LogP contribution is 2.61. The number of nitrogens with one attached hydrogen (secondary N) is 2. The van der Waals surface area contributed by atoms with Crippen LogP contribution in [-0.2, 0) is 0 Å². The highest BCUT2D eigenvalue weighted by atomic mass is 32.2. The van der Waals surface area contributed by atoms with Crippen LogP contribution in [0.3, 0.4) is 0 Å². The predicted molar refractivity (Wildman–Crippen MR) is 88.5 cm³/mol. The Kier molecular flexibility index (Phi) is 4.21. The van der Waals surface area contributed by atoms with Crippen molar-refractivity contribution in [2.24, 2.45) is 16.3 Å². The zero-order valence-electron chi connectivity index (χ0n) is 13.0. The zero-order chi connectivity index (χ0) is 14.1. The summed E-state index contributed by atoms with van der Waals surface area (Å²) < 4.78 is 0.407. The summed E-state index contributed by atoms with van der Waals surface area (Å²) in [4.78, 5) is 4.89. The molecule has 3 aliphatic rings. The minimum Gasteiger partial charge on any atom is -0.357 e. The fourth-order valence-electron chi connectivity index (χ4n) is 3.38. The Morgan fingerprint density at radius 3 is 2.60 bits per heavy atom. The number of aliphatic imine (C=N–C) groups is 1.